The van der Waals surface area contributed by atoms with E-state index in [9.17, 15) is 4.79 Å². The predicted molar refractivity (Wildman–Crippen MR) is 117 cm³/mol. The smallest absolute Gasteiger partial charge is 0.252 e. The van der Waals surface area contributed by atoms with Crippen molar-refractivity contribution in [3.05, 3.63) is 56.7 Å². The summed E-state index contributed by atoms with van der Waals surface area (Å²) in [4.78, 5) is 14.9. The highest BCUT2D eigenvalue weighted by Gasteiger charge is 2.19. The Morgan fingerprint density at radius 3 is 2.22 bits per heavy atom. The first kappa shape index (κ1) is 21.5. The fourth-order valence-corrected chi connectivity index (χ4v) is 3.57. The van der Waals surface area contributed by atoms with E-state index in [4.69, 9.17) is 9.47 Å². The SMILES string of the molecule is CCc1ccc(C(CNC(=O)c2cc(OC)c(OC)cc2I)N(C)C)cc1. The topological polar surface area (TPSA) is 50.8 Å². The lowest BCUT2D eigenvalue weighted by atomic mass is 10.0. The fourth-order valence-electron chi connectivity index (χ4n) is 2.89. The molecule has 6 heteroatoms. The molecule has 0 radical (unpaired) electrons. The number of carbonyl (C=O) groups excluding carboxylic acids is 1. The highest BCUT2D eigenvalue weighted by atomic mass is 127. The number of hydrogen-bond acceptors (Lipinski definition) is 4. The lowest BCUT2D eigenvalue weighted by molar-refractivity contribution is 0.0940. The maximum atomic E-state index is 12.8. The van der Waals surface area contributed by atoms with Crippen LogP contribution in [0.1, 0.15) is 34.5 Å². The van der Waals surface area contributed by atoms with Gasteiger partial charge in [-0.3, -0.25) is 4.79 Å². The quantitative estimate of drug-likeness (QED) is 0.580. The van der Waals surface area contributed by atoms with Crippen molar-refractivity contribution in [3.8, 4) is 11.5 Å². The van der Waals surface area contributed by atoms with E-state index in [1.807, 2.05) is 14.1 Å². The van der Waals surface area contributed by atoms with Crippen LogP contribution < -0.4 is 14.8 Å². The van der Waals surface area contributed by atoms with Gasteiger partial charge in [-0.15, -0.1) is 0 Å². The average Bonchev–Trinajstić information content (AvgIpc) is 2.67. The molecular weight excluding hydrogens is 455 g/mol. The van der Waals surface area contributed by atoms with Gasteiger partial charge >= 0.3 is 0 Å². The molecule has 0 aliphatic heterocycles. The van der Waals surface area contributed by atoms with E-state index in [-0.39, 0.29) is 11.9 Å². The molecule has 0 heterocycles. The number of halogens is 1. The fraction of sp³-hybridized carbons (Fsp3) is 0.381. The van der Waals surface area contributed by atoms with Crippen molar-refractivity contribution in [2.24, 2.45) is 0 Å². The van der Waals surface area contributed by atoms with E-state index in [2.05, 4.69) is 64.0 Å². The lowest BCUT2D eigenvalue weighted by Crippen LogP contribution is -2.34. The van der Waals surface area contributed by atoms with E-state index < -0.39 is 0 Å². The van der Waals surface area contributed by atoms with Crippen molar-refractivity contribution in [1.82, 2.24) is 10.2 Å². The number of benzene rings is 2. The van der Waals surface area contributed by atoms with Gasteiger partial charge in [-0.25, -0.2) is 0 Å². The third kappa shape index (κ3) is 5.35. The number of aryl methyl sites for hydroxylation is 1. The van der Waals surface area contributed by atoms with Crippen LogP contribution in [0.2, 0.25) is 0 Å². The minimum Gasteiger partial charge on any atom is -0.493 e. The van der Waals surface area contributed by atoms with Crippen LogP contribution in [-0.4, -0.2) is 45.7 Å². The zero-order valence-electron chi connectivity index (χ0n) is 16.5. The van der Waals surface area contributed by atoms with Gasteiger partial charge in [0.1, 0.15) is 0 Å². The number of likely N-dealkylation sites (N-methyl/N-ethyl adjacent to an activating group) is 1. The van der Waals surface area contributed by atoms with Crippen molar-refractivity contribution in [2.45, 2.75) is 19.4 Å². The Hall–Kier alpha value is -1.80. The average molecular weight is 482 g/mol. The third-order valence-corrected chi connectivity index (χ3v) is 5.46. The number of methoxy groups -OCH3 is 2. The molecule has 0 fully saturated rings. The first-order valence-electron chi connectivity index (χ1n) is 8.86. The molecule has 0 spiro atoms. The van der Waals surface area contributed by atoms with Gasteiger partial charge in [-0.1, -0.05) is 31.2 Å². The molecule has 0 aromatic heterocycles. The summed E-state index contributed by atoms with van der Waals surface area (Å²) in [7, 11) is 7.18. The first-order valence-corrected chi connectivity index (χ1v) is 9.94. The molecule has 2 aromatic rings. The molecule has 0 saturated carbocycles. The molecule has 2 aromatic carbocycles. The number of nitrogens with zero attached hydrogens (tertiary/aromatic N) is 1. The maximum Gasteiger partial charge on any atom is 0.252 e. The minimum atomic E-state index is -0.127. The van der Waals surface area contributed by atoms with E-state index >= 15 is 0 Å². The van der Waals surface area contributed by atoms with E-state index in [0.29, 0.717) is 23.6 Å². The maximum absolute atomic E-state index is 12.8. The molecule has 2 rings (SSSR count). The van der Waals surface area contributed by atoms with E-state index in [1.54, 1.807) is 26.4 Å². The molecule has 27 heavy (non-hydrogen) atoms. The van der Waals surface area contributed by atoms with Crippen LogP contribution >= 0.6 is 22.6 Å². The van der Waals surface area contributed by atoms with Crippen LogP contribution in [0.4, 0.5) is 0 Å². The molecule has 1 N–H and O–H groups in total. The summed E-state index contributed by atoms with van der Waals surface area (Å²) in [5.74, 6) is 1.03. The summed E-state index contributed by atoms with van der Waals surface area (Å²) in [6.45, 7) is 2.66. The first-order chi connectivity index (χ1) is 12.9. The van der Waals surface area contributed by atoms with Gasteiger partial charge in [0, 0.05) is 10.1 Å². The molecule has 0 saturated heterocycles. The largest absolute Gasteiger partial charge is 0.493 e. The van der Waals surface area contributed by atoms with Crippen molar-refractivity contribution in [2.75, 3.05) is 34.9 Å². The number of ether oxygens (including phenoxy) is 2. The summed E-state index contributed by atoms with van der Waals surface area (Å²) >= 11 is 2.14. The third-order valence-electron chi connectivity index (χ3n) is 4.57. The van der Waals surface area contributed by atoms with Gasteiger partial charge < -0.3 is 19.7 Å². The summed E-state index contributed by atoms with van der Waals surface area (Å²) < 4.78 is 11.4. The monoisotopic (exact) mass is 482 g/mol. The zero-order chi connectivity index (χ0) is 20.0. The van der Waals surface area contributed by atoms with E-state index in [0.717, 1.165) is 9.99 Å². The van der Waals surface area contributed by atoms with Crippen LogP contribution in [0.5, 0.6) is 11.5 Å². The number of nitrogens with one attached hydrogen (secondary N) is 1. The number of hydrogen-bond donors (Lipinski definition) is 1. The normalized spacial score (nSPS) is 12.0. The zero-order valence-corrected chi connectivity index (χ0v) is 18.7. The summed E-state index contributed by atoms with van der Waals surface area (Å²) in [5, 5.41) is 3.06. The van der Waals surface area contributed by atoms with Crippen molar-refractivity contribution in [3.63, 3.8) is 0 Å². The summed E-state index contributed by atoms with van der Waals surface area (Å²) in [6, 6.07) is 12.2. The second-order valence-electron chi connectivity index (χ2n) is 6.47. The number of carbonyl (C=O) groups is 1. The van der Waals surface area contributed by atoms with Crippen molar-refractivity contribution in [1.29, 1.82) is 0 Å². The molecule has 1 amide bonds. The van der Waals surface area contributed by atoms with Crippen LogP contribution in [0.15, 0.2) is 36.4 Å². The Morgan fingerprint density at radius 2 is 1.70 bits per heavy atom. The van der Waals surface area contributed by atoms with E-state index in [1.165, 1.54) is 11.1 Å². The Bertz CT molecular complexity index is 776. The highest BCUT2D eigenvalue weighted by molar-refractivity contribution is 14.1. The Balaban J connectivity index is 2.16. The van der Waals surface area contributed by atoms with Crippen LogP contribution in [0, 0.1) is 3.57 Å². The summed E-state index contributed by atoms with van der Waals surface area (Å²) in [6.07, 6.45) is 1.02. The molecule has 1 atom stereocenters. The molecular formula is C21H27IN2O3. The molecule has 0 aliphatic carbocycles. The lowest BCUT2D eigenvalue weighted by Gasteiger charge is -2.25. The Labute approximate surface area is 175 Å². The standard InChI is InChI=1S/C21H27IN2O3/c1-6-14-7-9-15(10-8-14)18(24(2)3)13-23-21(25)16-11-19(26-4)20(27-5)12-17(16)22/h7-12,18H,6,13H2,1-5H3,(H,23,25). The molecule has 0 aliphatic rings. The number of rotatable bonds is 8. The minimum absolute atomic E-state index is 0.0951. The Morgan fingerprint density at radius 1 is 1.11 bits per heavy atom. The van der Waals surface area contributed by atoms with Gasteiger partial charge in [0.15, 0.2) is 11.5 Å². The highest BCUT2D eigenvalue weighted by Crippen LogP contribution is 2.31. The molecule has 146 valence electrons. The van der Waals surface area contributed by atoms with Gasteiger partial charge in [0.2, 0.25) is 0 Å². The molecule has 1 unspecified atom stereocenters. The molecule has 0 bridgehead atoms. The molecule has 5 nitrogen and oxygen atoms in total. The van der Waals surface area contributed by atoms with Gasteiger partial charge in [0.25, 0.3) is 5.91 Å². The summed E-state index contributed by atoms with van der Waals surface area (Å²) in [5.41, 5.74) is 3.06. The van der Waals surface area contributed by atoms with Crippen LogP contribution in [0.3, 0.4) is 0 Å². The van der Waals surface area contributed by atoms with Gasteiger partial charge in [-0.05, 0) is 66.4 Å². The predicted octanol–water partition coefficient (Wildman–Crippen LogP) is 3.90. The van der Waals surface area contributed by atoms with Crippen molar-refractivity contribution >= 4 is 28.5 Å². The number of amides is 1. The van der Waals surface area contributed by atoms with Gasteiger partial charge in [0.05, 0.1) is 25.8 Å². The van der Waals surface area contributed by atoms with Crippen LogP contribution in [0.25, 0.3) is 0 Å². The second kappa shape index (κ2) is 9.94. The van der Waals surface area contributed by atoms with Crippen molar-refractivity contribution < 1.29 is 14.3 Å². The second-order valence-corrected chi connectivity index (χ2v) is 7.63. The van der Waals surface area contributed by atoms with Gasteiger partial charge in [-0.2, -0.15) is 0 Å². The Kier molecular flexibility index (Phi) is 7.91. The van der Waals surface area contributed by atoms with Crippen LogP contribution in [-0.2, 0) is 6.42 Å².